The van der Waals surface area contributed by atoms with E-state index in [4.69, 9.17) is 4.74 Å². The number of nitrogens with one attached hydrogen (secondary N) is 1. The molecule has 0 aliphatic rings. The van der Waals surface area contributed by atoms with Crippen LogP contribution in [0.5, 0.6) is 5.75 Å². The number of thioether (sulfide) groups is 1. The third kappa shape index (κ3) is 8.41. The van der Waals surface area contributed by atoms with Gasteiger partial charge in [-0.15, -0.1) is 11.8 Å². The Hall–Kier alpha value is -3.32. The third-order valence-electron chi connectivity index (χ3n) is 5.74. The molecule has 3 aromatic rings. The molecule has 0 bridgehead atoms. The van der Waals surface area contributed by atoms with Gasteiger partial charge in [-0.25, -0.2) is 4.39 Å². The summed E-state index contributed by atoms with van der Waals surface area (Å²) < 4.78 is 18.7. The zero-order chi connectivity index (χ0) is 25.8. The Labute approximate surface area is 217 Å². The van der Waals surface area contributed by atoms with E-state index < -0.39 is 6.04 Å². The summed E-state index contributed by atoms with van der Waals surface area (Å²) in [5.41, 5.74) is 2.82. The molecule has 3 rings (SSSR count). The molecule has 5 nitrogen and oxygen atoms in total. The maximum absolute atomic E-state index is 13.5. The molecule has 1 atom stereocenters. The average Bonchev–Trinajstić information content (AvgIpc) is 2.91. The molecular formula is C29H33FN2O3S. The second-order valence-electron chi connectivity index (χ2n) is 8.49. The molecule has 0 unspecified atom stereocenters. The molecule has 1 N–H and O–H groups in total. The topological polar surface area (TPSA) is 58.6 Å². The zero-order valence-electron chi connectivity index (χ0n) is 20.8. The largest absolute Gasteiger partial charge is 0.497 e. The van der Waals surface area contributed by atoms with E-state index >= 15 is 0 Å². The summed E-state index contributed by atoms with van der Waals surface area (Å²) in [6.45, 7) is 2.75. The first kappa shape index (κ1) is 27.3. The van der Waals surface area contributed by atoms with Crippen LogP contribution in [-0.2, 0) is 28.3 Å². The highest BCUT2D eigenvalue weighted by Gasteiger charge is 2.30. The number of methoxy groups -OCH3 is 1. The number of carbonyl (C=O) groups excluding carboxylic acids is 2. The highest BCUT2D eigenvalue weighted by Crippen LogP contribution is 2.20. The smallest absolute Gasteiger partial charge is 0.243 e. The number of amides is 2. The van der Waals surface area contributed by atoms with E-state index in [0.717, 1.165) is 28.9 Å². The van der Waals surface area contributed by atoms with Gasteiger partial charge in [0.2, 0.25) is 11.8 Å². The number of rotatable bonds is 13. The normalized spacial score (nSPS) is 11.5. The van der Waals surface area contributed by atoms with Crippen molar-refractivity contribution in [2.75, 3.05) is 19.4 Å². The Bertz CT molecular complexity index is 1090. The number of halogens is 1. The average molecular weight is 509 g/mol. The van der Waals surface area contributed by atoms with Gasteiger partial charge in [0.1, 0.15) is 17.6 Å². The van der Waals surface area contributed by atoms with Gasteiger partial charge in [0.15, 0.2) is 0 Å². The molecule has 0 aliphatic carbocycles. The van der Waals surface area contributed by atoms with Crippen molar-refractivity contribution in [2.24, 2.45) is 0 Å². The highest BCUT2D eigenvalue weighted by molar-refractivity contribution is 7.99. The summed E-state index contributed by atoms with van der Waals surface area (Å²) in [4.78, 5) is 28.4. The number of ether oxygens (including phenoxy) is 1. The first-order valence-corrected chi connectivity index (χ1v) is 13.2. The van der Waals surface area contributed by atoms with E-state index in [9.17, 15) is 14.0 Å². The molecule has 0 aliphatic heterocycles. The number of hydrogen-bond donors (Lipinski definition) is 1. The fraction of sp³-hybridized carbons (Fsp3) is 0.310. The molecule has 7 heteroatoms. The van der Waals surface area contributed by atoms with Gasteiger partial charge in [0, 0.05) is 25.3 Å². The van der Waals surface area contributed by atoms with Crippen molar-refractivity contribution in [1.82, 2.24) is 10.2 Å². The Kier molecular flexibility index (Phi) is 10.8. The third-order valence-corrected chi connectivity index (χ3v) is 6.73. The predicted octanol–water partition coefficient (Wildman–Crippen LogP) is 5.23. The van der Waals surface area contributed by atoms with E-state index in [1.165, 1.54) is 23.9 Å². The van der Waals surface area contributed by atoms with Crippen molar-refractivity contribution in [1.29, 1.82) is 0 Å². The molecule has 190 valence electrons. The lowest BCUT2D eigenvalue weighted by molar-refractivity contribution is -0.139. The van der Waals surface area contributed by atoms with Crippen molar-refractivity contribution in [2.45, 2.75) is 38.1 Å². The molecule has 2 amide bonds. The van der Waals surface area contributed by atoms with Crippen molar-refractivity contribution in [3.8, 4) is 5.75 Å². The molecule has 0 heterocycles. The summed E-state index contributed by atoms with van der Waals surface area (Å²) >= 11 is 1.50. The van der Waals surface area contributed by atoms with Gasteiger partial charge in [-0.2, -0.15) is 0 Å². The van der Waals surface area contributed by atoms with Gasteiger partial charge >= 0.3 is 0 Å². The van der Waals surface area contributed by atoms with Crippen molar-refractivity contribution in [3.63, 3.8) is 0 Å². The Balaban J connectivity index is 1.80. The molecule has 0 saturated carbocycles. The number of hydrogen-bond acceptors (Lipinski definition) is 4. The molecule has 0 radical (unpaired) electrons. The van der Waals surface area contributed by atoms with Crippen LogP contribution in [0.3, 0.4) is 0 Å². The minimum atomic E-state index is -0.682. The summed E-state index contributed by atoms with van der Waals surface area (Å²) in [6, 6.07) is 22.8. The van der Waals surface area contributed by atoms with Crippen LogP contribution >= 0.6 is 11.8 Å². The molecule has 3 aromatic carbocycles. The molecular weight excluding hydrogens is 475 g/mol. The van der Waals surface area contributed by atoms with Crippen LogP contribution in [0, 0.1) is 5.82 Å². The number of benzene rings is 3. The zero-order valence-corrected chi connectivity index (χ0v) is 21.6. The van der Waals surface area contributed by atoms with E-state index in [2.05, 4.69) is 5.32 Å². The van der Waals surface area contributed by atoms with Crippen LogP contribution < -0.4 is 10.1 Å². The lowest BCUT2D eigenvalue weighted by atomic mass is 10.0. The molecule has 36 heavy (non-hydrogen) atoms. The molecule has 0 saturated heterocycles. The van der Waals surface area contributed by atoms with Gasteiger partial charge in [-0.3, -0.25) is 9.59 Å². The first-order chi connectivity index (χ1) is 17.5. The number of nitrogens with zero attached hydrogens (tertiary/aromatic N) is 1. The lowest BCUT2D eigenvalue weighted by Crippen LogP contribution is -2.51. The van der Waals surface area contributed by atoms with Crippen LogP contribution in [0.1, 0.15) is 30.0 Å². The van der Waals surface area contributed by atoms with E-state index in [1.807, 2.05) is 61.5 Å². The van der Waals surface area contributed by atoms with Crippen LogP contribution in [-0.4, -0.2) is 42.2 Å². The van der Waals surface area contributed by atoms with E-state index in [-0.39, 0.29) is 29.9 Å². The highest BCUT2D eigenvalue weighted by atomic mass is 32.2. The minimum absolute atomic E-state index is 0.134. The molecule has 0 aromatic heterocycles. The summed E-state index contributed by atoms with van der Waals surface area (Å²) in [5, 5.41) is 2.96. The maximum Gasteiger partial charge on any atom is 0.243 e. The molecule has 0 spiro atoms. The minimum Gasteiger partial charge on any atom is -0.497 e. The number of carbonyl (C=O) groups is 2. The van der Waals surface area contributed by atoms with E-state index in [0.29, 0.717) is 18.7 Å². The van der Waals surface area contributed by atoms with E-state index in [1.54, 1.807) is 24.1 Å². The quantitative estimate of drug-likeness (QED) is 0.343. The summed E-state index contributed by atoms with van der Waals surface area (Å²) in [7, 11) is 1.63. The fourth-order valence-electron chi connectivity index (χ4n) is 3.77. The SMILES string of the molecule is CCCNC(=O)[C@@H](Cc1ccccc1)N(Cc1ccc(F)cc1)C(=O)CSCc1ccc(OC)cc1. The van der Waals surface area contributed by atoms with Crippen molar-refractivity contribution >= 4 is 23.6 Å². The Morgan fingerprint density at radius 3 is 2.25 bits per heavy atom. The van der Waals surface area contributed by atoms with Crippen LogP contribution in [0.2, 0.25) is 0 Å². The predicted molar refractivity (Wildman–Crippen MR) is 143 cm³/mol. The van der Waals surface area contributed by atoms with Crippen LogP contribution in [0.4, 0.5) is 4.39 Å². The first-order valence-electron chi connectivity index (χ1n) is 12.1. The van der Waals surface area contributed by atoms with Crippen LogP contribution in [0.25, 0.3) is 0 Å². The van der Waals surface area contributed by atoms with Gasteiger partial charge in [0.05, 0.1) is 12.9 Å². The maximum atomic E-state index is 13.5. The Morgan fingerprint density at radius 1 is 0.944 bits per heavy atom. The van der Waals surface area contributed by atoms with Gasteiger partial charge in [-0.1, -0.05) is 61.5 Å². The monoisotopic (exact) mass is 508 g/mol. The Morgan fingerprint density at radius 2 is 1.61 bits per heavy atom. The van der Waals surface area contributed by atoms with Gasteiger partial charge in [0.25, 0.3) is 0 Å². The second-order valence-corrected chi connectivity index (χ2v) is 9.47. The standard InChI is InChI=1S/C29H33FN2O3S/c1-3-17-31-29(34)27(18-22-7-5-4-6-8-22)32(19-23-9-13-25(30)14-10-23)28(33)21-36-20-24-11-15-26(35-2)16-12-24/h4-16,27H,3,17-21H2,1-2H3,(H,31,34)/t27-/m1/s1. The summed E-state index contributed by atoms with van der Waals surface area (Å²) in [6.07, 6.45) is 1.19. The summed E-state index contributed by atoms with van der Waals surface area (Å²) in [5.74, 6) is 1.01. The van der Waals surface area contributed by atoms with Gasteiger partial charge in [-0.05, 0) is 47.4 Å². The van der Waals surface area contributed by atoms with Crippen molar-refractivity contribution < 1.29 is 18.7 Å². The van der Waals surface area contributed by atoms with Crippen molar-refractivity contribution in [3.05, 3.63) is 101 Å². The fourth-order valence-corrected chi connectivity index (χ4v) is 4.64. The lowest BCUT2D eigenvalue weighted by Gasteiger charge is -2.31. The molecule has 0 fully saturated rings. The van der Waals surface area contributed by atoms with Gasteiger partial charge < -0.3 is 15.0 Å². The second kappa shape index (κ2) is 14.3. The van der Waals surface area contributed by atoms with Crippen LogP contribution in [0.15, 0.2) is 78.9 Å².